The predicted molar refractivity (Wildman–Crippen MR) is 69.1 cm³/mol. The topological polar surface area (TPSA) is 43.8 Å². The first-order valence-electron chi connectivity index (χ1n) is 6.28. The van der Waals surface area contributed by atoms with Gasteiger partial charge in [0, 0.05) is 38.6 Å². The molecule has 0 aromatic heterocycles. The van der Waals surface area contributed by atoms with Crippen molar-refractivity contribution in [1.82, 2.24) is 9.80 Å². The first kappa shape index (κ1) is 14.2. The van der Waals surface area contributed by atoms with Gasteiger partial charge in [-0.3, -0.25) is 9.69 Å². The van der Waals surface area contributed by atoms with Gasteiger partial charge in [0.1, 0.15) is 0 Å². The van der Waals surface area contributed by atoms with Crippen LogP contribution in [0.1, 0.15) is 19.8 Å². The van der Waals surface area contributed by atoms with Crippen molar-refractivity contribution in [2.45, 2.75) is 25.8 Å². The number of likely N-dealkylation sites (N-methyl/N-ethyl adjacent to an activating group) is 1. The molecule has 0 bridgehead atoms. The Balaban J connectivity index is 2.64. The Hall–Kier alpha value is -0.870. The van der Waals surface area contributed by atoms with Crippen LogP contribution in [0, 0.1) is 5.92 Å². The van der Waals surface area contributed by atoms with Crippen LogP contribution in [0.25, 0.3) is 0 Å². The summed E-state index contributed by atoms with van der Waals surface area (Å²) in [5.41, 5.74) is 0. The molecule has 0 saturated carbocycles. The maximum absolute atomic E-state index is 10.7. The van der Waals surface area contributed by atoms with Crippen LogP contribution in [0.2, 0.25) is 0 Å². The second-order valence-corrected chi connectivity index (χ2v) is 5.16. The van der Waals surface area contributed by atoms with Crippen LogP contribution in [0.4, 0.5) is 0 Å². The molecule has 17 heavy (non-hydrogen) atoms. The third-order valence-electron chi connectivity index (χ3n) is 3.26. The van der Waals surface area contributed by atoms with Crippen LogP contribution in [0.3, 0.4) is 0 Å². The lowest BCUT2D eigenvalue weighted by molar-refractivity contribution is -0.137. The Kier molecular flexibility index (Phi) is 5.65. The van der Waals surface area contributed by atoms with Gasteiger partial charge < -0.3 is 10.0 Å². The van der Waals surface area contributed by atoms with E-state index in [0.717, 1.165) is 32.6 Å². The summed E-state index contributed by atoms with van der Waals surface area (Å²) in [7, 11) is 2.11. The van der Waals surface area contributed by atoms with Crippen LogP contribution in [0.5, 0.6) is 0 Å². The zero-order chi connectivity index (χ0) is 12.8. The maximum Gasteiger partial charge on any atom is 0.303 e. The maximum atomic E-state index is 10.7. The van der Waals surface area contributed by atoms with E-state index in [2.05, 4.69) is 30.4 Å². The highest BCUT2D eigenvalue weighted by Gasteiger charge is 2.25. The summed E-state index contributed by atoms with van der Waals surface area (Å²) >= 11 is 0. The molecule has 2 atom stereocenters. The van der Waals surface area contributed by atoms with Crippen molar-refractivity contribution < 1.29 is 9.90 Å². The quantitative estimate of drug-likeness (QED) is 0.735. The third-order valence-corrected chi connectivity index (χ3v) is 3.26. The van der Waals surface area contributed by atoms with E-state index in [-0.39, 0.29) is 6.42 Å². The number of hydrogen-bond donors (Lipinski definition) is 1. The second kappa shape index (κ2) is 6.77. The number of carboxylic acid groups (broad SMARTS) is 1. The van der Waals surface area contributed by atoms with Gasteiger partial charge in [-0.25, -0.2) is 0 Å². The van der Waals surface area contributed by atoms with E-state index >= 15 is 0 Å². The summed E-state index contributed by atoms with van der Waals surface area (Å²) in [5, 5.41) is 8.80. The summed E-state index contributed by atoms with van der Waals surface area (Å²) in [6.45, 7) is 9.94. The van der Waals surface area contributed by atoms with Crippen LogP contribution < -0.4 is 0 Å². The van der Waals surface area contributed by atoms with Crippen LogP contribution in [0.15, 0.2) is 12.7 Å². The van der Waals surface area contributed by atoms with E-state index in [1.165, 1.54) is 0 Å². The van der Waals surface area contributed by atoms with Crippen molar-refractivity contribution in [1.29, 1.82) is 0 Å². The Labute approximate surface area is 104 Å². The molecule has 0 aliphatic carbocycles. The van der Waals surface area contributed by atoms with Crippen LogP contribution >= 0.6 is 0 Å². The molecular formula is C13H24N2O2. The van der Waals surface area contributed by atoms with Crippen molar-refractivity contribution in [2.24, 2.45) is 5.92 Å². The summed E-state index contributed by atoms with van der Waals surface area (Å²) < 4.78 is 0. The van der Waals surface area contributed by atoms with Gasteiger partial charge in [0.05, 0.1) is 0 Å². The van der Waals surface area contributed by atoms with Crippen molar-refractivity contribution in [3.63, 3.8) is 0 Å². The Bertz CT molecular complexity index is 268. The Morgan fingerprint density at radius 3 is 2.76 bits per heavy atom. The molecule has 1 rings (SSSR count). The average Bonchev–Trinajstić information content (AvgIpc) is 2.35. The first-order valence-corrected chi connectivity index (χ1v) is 6.28. The van der Waals surface area contributed by atoms with E-state index in [1.807, 2.05) is 6.08 Å². The number of carboxylic acids is 1. The molecule has 1 fully saturated rings. The fraction of sp³-hybridized carbons (Fsp3) is 0.769. The fourth-order valence-corrected chi connectivity index (χ4v) is 2.64. The van der Waals surface area contributed by atoms with Gasteiger partial charge in [-0.05, 0) is 19.4 Å². The highest BCUT2D eigenvalue weighted by molar-refractivity contribution is 5.66. The van der Waals surface area contributed by atoms with Gasteiger partial charge in [-0.15, -0.1) is 6.58 Å². The van der Waals surface area contributed by atoms with E-state index < -0.39 is 5.97 Å². The molecule has 1 aliphatic rings. The molecule has 0 radical (unpaired) electrons. The molecule has 98 valence electrons. The normalized spacial score (nSPS) is 27.6. The summed E-state index contributed by atoms with van der Waals surface area (Å²) in [6.07, 6.45) is 2.88. The SMILES string of the molecule is C=CCN1CC(C)CN(C)CC1CCC(=O)O. The molecule has 1 N–H and O–H groups in total. The highest BCUT2D eigenvalue weighted by atomic mass is 16.4. The lowest BCUT2D eigenvalue weighted by Gasteiger charge is -2.30. The summed E-state index contributed by atoms with van der Waals surface area (Å²) in [6, 6.07) is 0.332. The van der Waals surface area contributed by atoms with E-state index in [9.17, 15) is 4.79 Å². The van der Waals surface area contributed by atoms with E-state index in [0.29, 0.717) is 12.0 Å². The highest BCUT2D eigenvalue weighted by Crippen LogP contribution is 2.16. The zero-order valence-electron chi connectivity index (χ0n) is 10.9. The minimum Gasteiger partial charge on any atom is -0.481 e. The van der Waals surface area contributed by atoms with Gasteiger partial charge in [0.2, 0.25) is 0 Å². The van der Waals surface area contributed by atoms with Crippen molar-refractivity contribution >= 4 is 5.97 Å². The van der Waals surface area contributed by atoms with Gasteiger partial charge in [0.25, 0.3) is 0 Å². The molecule has 2 unspecified atom stereocenters. The molecule has 4 heteroatoms. The van der Waals surface area contributed by atoms with E-state index in [4.69, 9.17) is 5.11 Å². The summed E-state index contributed by atoms with van der Waals surface area (Å²) in [4.78, 5) is 15.4. The number of carbonyl (C=O) groups is 1. The number of nitrogens with zero attached hydrogens (tertiary/aromatic N) is 2. The van der Waals surface area contributed by atoms with Crippen molar-refractivity contribution in [2.75, 3.05) is 33.2 Å². The number of hydrogen-bond acceptors (Lipinski definition) is 3. The van der Waals surface area contributed by atoms with Gasteiger partial charge in [-0.2, -0.15) is 0 Å². The smallest absolute Gasteiger partial charge is 0.303 e. The minimum atomic E-state index is -0.705. The molecule has 0 aromatic rings. The molecule has 0 amide bonds. The van der Waals surface area contributed by atoms with Gasteiger partial charge in [0.15, 0.2) is 0 Å². The first-order chi connectivity index (χ1) is 8.02. The molecule has 1 aliphatic heterocycles. The Morgan fingerprint density at radius 1 is 1.47 bits per heavy atom. The second-order valence-electron chi connectivity index (χ2n) is 5.16. The van der Waals surface area contributed by atoms with Gasteiger partial charge in [-0.1, -0.05) is 13.0 Å². The number of rotatable bonds is 5. The van der Waals surface area contributed by atoms with Crippen LogP contribution in [-0.4, -0.2) is 60.1 Å². The monoisotopic (exact) mass is 240 g/mol. The van der Waals surface area contributed by atoms with Gasteiger partial charge >= 0.3 is 5.97 Å². The molecule has 1 saturated heterocycles. The van der Waals surface area contributed by atoms with Crippen molar-refractivity contribution in [3.8, 4) is 0 Å². The molecule has 0 aromatic carbocycles. The fourth-order valence-electron chi connectivity index (χ4n) is 2.64. The number of aliphatic carboxylic acids is 1. The van der Waals surface area contributed by atoms with Crippen molar-refractivity contribution in [3.05, 3.63) is 12.7 Å². The van der Waals surface area contributed by atoms with Crippen LogP contribution in [-0.2, 0) is 4.79 Å². The summed E-state index contributed by atoms with van der Waals surface area (Å²) in [5.74, 6) is -0.0849. The predicted octanol–water partition coefficient (Wildman–Crippen LogP) is 1.29. The van der Waals surface area contributed by atoms with E-state index in [1.54, 1.807) is 0 Å². The zero-order valence-corrected chi connectivity index (χ0v) is 10.9. The molecule has 0 spiro atoms. The largest absolute Gasteiger partial charge is 0.481 e. The Morgan fingerprint density at radius 2 is 2.18 bits per heavy atom. The lowest BCUT2D eigenvalue weighted by Crippen LogP contribution is -2.40. The average molecular weight is 240 g/mol. The standard InChI is InChI=1S/C13H24N2O2/c1-4-7-15-9-11(2)8-14(3)10-12(15)5-6-13(16)17/h4,11-12H,1,5-10H2,2-3H3,(H,16,17). The molecular weight excluding hydrogens is 216 g/mol. The molecule has 4 nitrogen and oxygen atoms in total. The third kappa shape index (κ3) is 4.88. The minimum absolute atomic E-state index is 0.251. The lowest BCUT2D eigenvalue weighted by atomic mass is 10.1. The molecule has 1 heterocycles.